The molecule has 0 aromatic heterocycles. The SMILES string of the molecule is O=C(O)C(F)(F)F.O=C1[C@H]2[C@H]3CC[C@H](NC3)[C@H]2C(=O)N1c1cccc(C(F)(F)F)c1. The molecule has 0 unspecified atom stereocenters. The van der Waals surface area contributed by atoms with Crippen molar-refractivity contribution in [3.8, 4) is 0 Å². The van der Waals surface area contributed by atoms with Gasteiger partial charge in [-0.15, -0.1) is 0 Å². The smallest absolute Gasteiger partial charge is 0.475 e. The lowest BCUT2D eigenvalue weighted by atomic mass is 9.67. The highest BCUT2D eigenvalue weighted by Crippen LogP contribution is 2.46. The van der Waals surface area contributed by atoms with Crippen LogP contribution in [0.25, 0.3) is 0 Å². The van der Waals surface area contributed by atoms with Crippen LogP contribution in [0.1, 0.15) is 18.4 Å². The summed E-state index contributed by atoms with van der Waals surface area (Å²) in [6.07, 6.45) is -7.87. The Balaban J connectivity index is 0.000000318. The van der Waals surface area contributed by atoms with Crippen LogP contribution < -0.4 is 10.2 Å². The van der Waals surface area contributed by atoms with Crippen LogP contribution in [0, 0.1) is 17.8 Å². The second kappa shape index (κ2) is 7.56. The zero-order valence-corrected chi connectivity index (χ0v) is 15.1. The van der Waals surface area contributed by atoms with E-state index in [0.29, 0.717) is 6.54 Å². The third-order valence-corrected chi connectivity index (χ3v) is 5.50. The molecular formula is C18H16F6N2O4. The normalized spacial score (nSPS) is 28.1. The number of carbonyl (C=O) groups excluding carboxylic acids is 2. The number of fused-ring (bicyclic) bond motifs is 2. The maximum atomic E-state index is 12.9. The number of piperidine rings is 2. The summed E-state index contributed by atoms with van der Waals surface area (Å²) in [5, 5.41) is 10.4. The van der Waals surface area contributed by atoms with Crippen LogP contribution >= 0.6 is 0 Å². The van der Waals surface area contributed by atoms with Gasteiger partial charge in [-0.2, -0.15) is 26.3 Å². The molecule has 1 aromatic carbocycles. The molecule has 2 amide bonds. The van der Waals surface area contributed by atoms with E-state index in [0.717, 1.165) is 29.9 Å². The Hall–Kier alpha value is -2.63. The Morgan fingerprint density at radius 3 is 2.10 bits per heavy atom. The summed E-state index contributed by atoms with van der Waals surface area (Å²) in [6, 6.07) is 4.39. The summed E-state index contributed by atoms with van der Waals surface area (Å²) < 4.78 is 70.4. The van der Waals surface area contributed by atoms with E-state index in [4.69, 9.17) is 9.90 Å². The zero-order valence-electron chi connectivity index (χ0n) is 15.1. The van der Waals surface area contributed by atoms with Gasteiger partial charge in [-0.25, -0.2) is 9.69 Å². The summed E-state index contributed by atoms with van der Waals surface area (Å²) in [6.45, 7) is 0.696. The first-order valence-corrected chi connectivity index (χ1v) is 8.91. The van der Waals surface area contributed by atoms with Crippen LogP contribution in [0.4, 0.5) is 32.0 Å². The van der Waals surface area contributed by atoms with Crippen molar-refractivity contribution in [2.24, 2.45) is 17.8 Å². The van der Waals surface area contributed by atoms with Crippen LogP contribution in [0.15, 0.2) is 24.3 Å². The minimum atomic E-state index is -5.08. The van der Waals surface area contributed by atoms with Crippen LogP contribution in [0.5, 0.6) is 0 Å². The molecule has 3 heterocycles. The van der Waals surface area contributed by atoms with Crippen molar-refractivity contribution < 1.29 is 45.8 Å². The molecule has 6 nitrogen and oxygen atoms in total. The van der Waals surface area contributed by atoms with Crippen molar-refractivity contribution in [3.05, 3.63) is 29.8 Å². The third-order valence-electron chi connectivity index (χ3n) is 5.50. The van der Waals surface area contributed by atoms with Gasteiger partial charge in [-0.1, -0.05) is 6.07 Å². The van der Waals surface area contributed by atoms with Gasteiger partial charge in [0, 0.05) is 6.04 Å². The molecule has 4 fully saturated rings. The highest BCUT2D eigenvalue weighted by molar-refractivity contribution is 6.22. The predicted molar refractivity (Wildman–Crippen MR) is 89.1 cm³/mol. The molecule has 3 saturated heterocycles. The summed E-state index contributed by atoms with van der Waals surface area (Å²) >= 11 is 0. The van der Waals surface area contributed by atoms with E-state index >= 15 is 0 Å². The number of benzene rings is 1. The summed E-state index contributed by atoms with van der Waals surface area (Å²) in [4.78, 5) is 35.2. The number of hydrogen-bond donors (Lipinski definition) is 2. The summed E-state index contributed by atoms with van der Waals surface area (Å²) in [5.41, 5.74) is -0.838. The average molecular weight is 438 g/mol. The molecule has 12 heteroatoms. The number of anilines is 1. The van der Waals surface area contributed by atoms with Crippen molar-refractivity contribution in [2.45, 2.75) is 31.2 Å². The molecule has 2 bridgehead atoms. The van der Waals surface area contributed by atoms with Gasteiger partial charge in [0.2, 0.25) is 11.8 Å². The van der Waals surface area contributed by atoms with Crippen LogP contribution in [0.2, 0.25) is 0 Å². The van der Waals surface area contributed by atoms with Gasteiger partial charge >= 0.3 is 18.3 Å². The molecule has 30 heavy (non-hydrogen) atoms. The van der Waals surface area contributed by atoms with Crippen LogP contribution in [-0.2, 0) is 20.6 Å². The number of carboxylic acid groups (broad SMARTS) is 1. The lowest BCUT2D eigenvalue weighted by molar-refractivity contribution is -0.192. The summed E-state index contributed by atoms with van der Waals surface area (Å²) in [5.74, 6) is -4.22. The molecule has 4 atom stereocenters. The van der Waals surface area contributed by atoms with Gasteiger partial charge in [0.1, 0.15) is 0 Å². The van der Waals surface area contributed by atoms with Gasteiger partial charge in [-0.05, 0) is 43.5 Å². The lowest BCUT2D eigenvalue weighted by Crippen LogP contribution is -2.56. The number of hydrogen-bond acceptors (Lipinski definition) is 4. The number of alkyl halides is 6. The Bertz CT molecular complexity index is 831. The van der Waals surface area contributed by atoms with Gasteiger partial charge in [0.05, 0.1) is 23.1 Å². The number of halogens is 6. The molecule has 0 spiro atoms. The van der Waals surface area contributed by atoms with Gasteiger partial charge in [-0.3, -0.25) is 9.59 Å². The van der Waals surface area contributed by atoms with Crippen molar-refractivity contribution in [2.75, 3.05) is 11.4 Å². The highest BCUT2D eigenvalue weighted by atomic mass is 19.4. The van der Waals surface area contributed by atoms with Gasteiger partial charge < -0.3 is 10.4 Å². The number of rotatable bonds is 1. The first-order chi connectivity index (χ1) is 13.8. The maximum Gasteiger partial charge on any atom is 0.490 e. The third kappa shape index (κ3) is 4.00. The molecular weight excluding hydrogens is 422 g/mol. The zero-order chi connectivity index (χ0) is 22.4. The van der Waals surface area contributed by atoms with Crippen molar-refractivity contribution in [1.82, 2.24) is 5.32 Å². The Morgan fingerprint density at radius 1 is 1.03 bits per heavy atom. The van der Waals surface area contributed by atoms with E-state index < -0.39 is 35.7 Å². The predicted octanol–water partition coefficient (Wildman–Crippen LogP) is 2.83. The molecule has 164 valence electrons. The molecule has 3 aliphatic heterocycles. The molecule has 4 aliphatic rings. The minimum absolute atomic E-state index is 0.0172. The fourth-order valence-corrected chi connectivity index (χ4v) is 4.22. The molecule has 2 N–H and O–H groups in total. The van der Waals surface area contributed by atoms with E-state index in [1.165, 1.54) is 12.1 Å². The van der Waals surface area contributed by atoms with Crippen molar-refractivity contribution in [3.63, 3.8) is 0 Å². The van der Waals surface area contributed by atoms with Crippen LogP contribution in [-0.4, -0.2) is 41.7 Å². The number of aliphatic carboxylic acids is 1. The number of amides is 2. The summed E-state index contributed by atoms with van der Waals surface area (Å²) in [7, 11) is 0. The number of nitrogens with one attached hydrogen (secondary N) is 1. The Morgan fingerprint density at radius 2 is 1.63 bits per heavy atom. The lowest BCUT2D eigenvalue weighted by Gasteiger charge is -2.43. The van der Waals surface area contributed by atoms with E-state index in [-0.39, 0.29) is 29.5 Å². The molecule has 1 saturated carbocycles. The van der Waals surface area contributed by atoms with Crippen LogP contribution in [0.3, 0.4) is 0 Å². The first-order valence-electron chi connectivity index (χ1n) is 8.91. The minimum Gasteiger partial charge on any atom is -0.475 e. The Kier molecular flexibility index (Phi) is 5.56. The standard InChI is InChI=1S/C16H15F3N2O2.C2HF3O2/c17-16(18,19)9-2-1-3-10(6-9)21-14(22)12-8-4-5-11(20-7-8)13(12)15(21)23;3-2(4,5)1(6)7/h1-3,6,8,11-13,20H,4-5,7H2;(H,6,7)/t8-,11-,12-,13+;/m0./s1. The highest BCUT2D eigenvalue weighted by Gasteiger charge is 2.58. The molecule has 1 aliphatic carbocycles. The molecule has 0 radical (unpaired) electrons. The number of carbonyl (C=O) groups is 3. The second-order valence-corrected chi connectivity index (χ2v) is 7.27. The Labute approximate surface area is 165 Å². The largest absolute Gasteiger partial charge is 0.490 e. The monoisotopic (exact) mass is 438 g/mol. The van der Waals surface area contributed by atoms with Gasteiger partial charge in [0.25, 0.3) is 0 Å². The first kappa shape index (κ1) is 22.1. The number of imide groups is 1. The van der Waals surface area contributed by atoms with E-state index in [1.807, 2.05) is 0 Å². The topological polar surface area (TPSA) is 86.7 Å². The molecule has 1 aromatic rings. The van der Waals surface area contributed by atoms with Crippen molar-refractivity contribution in [1.29, 1.82) is 0 Å². The maximum absolute atomic E-state index is 12.9. The van der Waals surface area contributed by atoms with Crippen molar-refractivity contribution >= 4 is 23.5 Å². The van der Waals surface area contributed by atoms with Gasteiger partial charge in [0.15, 0.2) is 0 Å². The fraction of sp³-hybridized carbons (Fsp3) is 0.500. The van der Waals surface area contributed by atoms with E-state index in [9.17, 15) is 35.9 Å². The van der Waals surface area contributed by atoms with E-state index in [2.05, 4.69) is 5.32 Å². The number of nitrogens with zero attached hydrogens (tertiary/aromatic N) is 1. The average Bonchev–Trinajstić information content (AvgIpc) is 2.95. The second-order valence-electron chi connectivity index (χ2n) is 7.27. The quantitative estimate of drug-likeness (QED) is 0.520. The number of carboxylic acids is 1. The fourth-order valence-electron chi connectivity index (χ4n) is 4.22. The van der Waals surface area contributed by atoms with E-state index in [1.54, 1.807) is 0 Å². The molecule has 5 rings (SSSR count).